The molecule has 0 aliphatic carbocycles. The molecule has 21 heavy (non-hydrogen) atoms. The van der Waals surface area contributed by atoms with Crippen LogP contribution in [0.1, 0.15) is 22.7 Å². The van der Waals surface area contributed by atoms with Crippen LogP contribution < -0.4 is 15.8 Å². The van der Waals surface area contributed by atoms with Gasteiger partial charge in [0.05, 0.1) is 6.04 Å². The largest absolute Gasteiger partial charge is 0.491 e. The van der Waals surface area contributed by atoms with E-state index in [1.807, 2.05) is 42.5 Å². The zero-order chi connectivity index (χ0) is 14.7. The fourth-order valence-corrected chi connectivity index (χ4v) is 2.47. The average Bonchev–Trinajstić information content (AvgIpc) is 2.95. The molecule has 1 unspecified atom stereocenters. The van der Waals surface area contributed by atoms with Crippen LogP contribution in [0.2, 0.25) is 0 Å². The van der Waals surface area contributed by atoms with Crippen molar-refractivity contribution in [3.8, 4) is 5.75 Å². The summed E-state index contributed by atoms with van der Waals surface area (Å²) in [5.74, 6) is 1.06. The van der Waals surface area contributed by atoms with Crippen molar-refractivity contribution in [2.75, 3.05) is 6.61 Å². The topological polar surface area (TPSA) is 79.9 Å². The van der Waals surface area contributed by atoms with E-state index in [4.69, 9.17) is 15.7 Å². The maximum absolute atomic E-state index is 8.72. The maximum atomic E-state index is 8.72. The van der Waals surface area contributed by atoms with E-state index in [9.17, 15) is 0 Å². The number of nitrogens with one attached hydrogen (secondary N) is 1. The minimum atomic E-state index is 0.117. The predicted molar refractivity (Wildman–Crippen MR) is 80.5 cm³/mol. The molecule has 2 aromatic carbocycles. The second-order valence-electron chi connectivity index (χ2n) is 4.97. The lowest BCUT2D eigenvalue weighted by Crippen LogP contribution is -2.22. The number of rotatable bonds is 4. The van der Waals surface area contributed by atoms with Crippen LogP contribution in [0.15, 0.2) is 53.7 Å². The maximum Gasteiger partial charge on any atom is 0.170 e. The highest BCUT2D eigenvalue weighted by Gasteiger charge is 2.22. The van der Waals surface area contributed by atoms with Crippen molar-refractivity contribution < 1.29 is 9.94 Å². The molecule has 0 saturated heterocycles. The molecule has 0 radical (unpaired) electrons. The molecule has 5 nitrogen and oxygen atoms in total. The molecule has 108 valence electrons. The van der Waals surface area contributed by atoms with Crippen molar-refractivity contribution in [1.82, 2.24) is 5.32 Å². The fourth-order valence-electron chi connectivity index (χ4n) is 2.47. The van der Waals surface area contributed by atoms with Crippen LogP contribution in [0.25, 0.3) is 0 Å². The molecule has 2 aromatic rings. The SMILES string of the molecule is NC(=NO)c1cccc(CNC2COc3ccccc32)c1. The van der Waals surface area contributed by atoms with Crippen LogP contribution in [-0.4, -0.2) is 17.6 Å². The van der Waals surface area contributed by atoms with E-state index in [1.165, 1.54) is 5.56 Å². The molecule has 0 amide bonds. The number of oxime groups is 1. The Morgan fingerprint density at radius 2 is 2.14 bits per heavy atom. The fraction of sp³-hybridized carbons (Fsp3) is 0.188. The Hall–Kier alpha value is -2.53. The summed E-state index contributed by atoms with van der Waals surface area (Å²) in [5.41, 5.74) is 8.57. The monoisotopic (exact) mass is 283 g/mol. The Morgan fingerprint density at radius 1 is 1.29 bits per heavy atom. The summed E-state index contributed by atoms with van der Waals surface area (Å²) < 4.78 is 5.64. The third kappa shape index (κ3) is 2.83. The van der Waals surface area contributed by atoms with E-state index in [1.54, 1.807) is 0 Å². The predicted octanol–water partition coefficient (Wildman–Crippen LogP) is 2.00. The summed E-state index contributed by atoms with van der Waals surface area (Å²) in [6.45, 7) is 1.33. The van der Waals surface area contributed by atoms with Crippen molar-refractivity contribution in [2.24, 2.45) is 10.9 Å². The number of nitrogens with zero attached hydrogens (tertiary/aromatic N) is 1. The third-order valence-corrected chi connectivity index (χ3v) is 3.58. The second-order valence-corrected chi connectivity index (χ2v) is 4.97. The van der Waals surface area contributed by atoms with Crippen LogP contribution in [0.3, 0.4) is 0 Å². The van der Waals surface area contributed by atoms with E-state index in [0.29, 0.717) is 18.7 Å². The molecular weight excluding hydrogens is 266 g/mol. The van der Waals surface area contributed by atoms with E-state index >= 15 is 0 Å². The molecule has 1 heterocycles. The Balaban J connectivity index is 1.69. The van der Waals surface area contributed by atoms with Crippen LogP contribution in [0.4, 0.5) is 0 Å². The van der Waals surface area contributed by atoms with Crippen LogP contribution in [-0.2, 0) is 6.54 Å². The van der Waals surface area contributed by atoms with Gasteiger partial charge >= 0.3 is 0 Å². The van der Waals surface area contributed by atoms with Crippen molar-refractivity contribution in [3.05, 3.63) is 65.2 Å². The van der Waals surface area contributed by atoms with Crippen molar-refractivity contribution >= 4 is 5.84 Å². The Morgan fingerprint density at radius 3 is 3.00 bits per heavy atom. The lowest BCUT2D eigenvalue weighted by Gasteiger charge is -2.12. The Kier molecular flexibility index (Phi) is 3.75. The van der Waals surface area contributed by atoms with Gasteiger partial charge in [-0.2, -0.15) is 0 Å². The summed E-state index contributed by atoms with van der Waals surface area (Å²) >= 11 is 0. The average molecular weight is 283 g/mol. The van der Waals surface area contributed by atoms with E-state index < -0.39 is 0 Å². The number of fused-ring (bicyclic) bond motifs is 1. The second kappa shape index (κ2) is 5.85. The molecule has 1 aliphatic rings. The number of hydrogen-bond acceptors (Lipinski definition) is 4. The first-order chi connectivity index (χ1) is 10.3. The molecule has 4 N–H and O–H groups in total. The first-order valence-electron chi connectivity index (χ1n) is 6.80. The molecular formula is C16H17N3O2. The van der Waals surface area contributed by atoms with Gasteiger partial charge in [-0.1, -0.05) is 41.6 Å². The third-order valence-electron chi connectivity index (χ3n) is 3.58. The van der Waals surface area contributed by atoms with Gasteiger partial charge in [0.1, 0.15) is 12.4 Å². The van der Waals surface area contributed by atoms with Gasteiger partial charge in [-0.3, -0.25) is 0 Å². The van der Waals surface area contributed by atoms with Crippen molar-refractivity contribution in [2.45, 2.75) is 12.6 Å². The van der Waals surface area contributed by atoms with E-state index in [0.717, 1.165) is 11.3 Å². The quantitative estimate of drug-likeness (QED) is 0.347. The number of para-hydroxylation sites is 1. The Bertz CT molecular complexity index is 670. The minimum Gasteiger partial charge on any atom is -0.491 e. The van der Waals surface area contributed by atoms with Gasteiger partial charge in [-0.05, 0) is 17.7 Å². The molecule has 1 aliphatic heterocycles. The van der Waals surface area contributed by atoms with Crippen molar-refractivity contribution in [3.63, 3.8) is 0 Å². The van der Waals surface area contributed by atoms with Gasteiger partial charge < -0.3 is 21.0 Å². The lowest BCUT2D eigenvalue weighted by molar-refractivity contribution is 0.310. The summed E-state index contributed by atoms with van der Waals surface area (Å²) in [4.78, 5) is 0. The molecule has 3 rings (SSSR count). The van der Waals surface area contributed by atoms with Gasteiger partial charge in [0, 0.05) is 17.7 Å². The first-order valence-corrected chi connectivity index (χ1v) is 6.80. The van der Waals surface area contributed by atoms with Gasteiger partial charge in [0.15, 0.2) is 5.84 Å². The van der Waals surface area contributed by atoms with Crippen LogP contribution in [0, 0.1) is 0 Å². The minimum absolute atomic E-state index is 0.117. The molecule has 0 fully saturated rings. The van der Waals surface area contributed by atoms with Crippen LogP contribution >= 0.6 is 0 Å². The smallest absolute Gasteiger partial charge is 0.170 e. The molecule has 1 atom stereocenters. The standard InChI is InChI=1S/C16H17N3O2/c17-16(19-20)12-5-3-4-11(8-12)9-18-14-10-21-15-7-2-1-6-13(14)15/h1-8,14,18,20H,9-10H2,(H2,17,19). The molecule has 0 saturated carbocycles. The number of hydrogen-bond donors (Lipinski definition) is 3. The Labute approximate surface area is 123 Å². The molecule has 0 aromatic heterocycles. The van der Waals surface area contributed by atoms with E-state index in [2.05, 4.69) is 16.5 Å². The van der Waals surface area contributed by atoms with Crippen LogP contribution in [0.5, 0.6) is 5.75 Å². The molecule has 0 bridgehead atoms. The van der Waals surface area contributed by atoms with Crippen molar-refractivity contribution in [1.29, 1.82) is 0 Å². The highest BCUT2D eigenvalue weighted by molar-refractivity contribution is 5.97. The van der Waals surface area contributed by atoms with Gasteiger partial charge in [0.25, 0.3) is 0 Å². The van der Waals surface area contributed by atoms with Gasteiger partial charge in [-0.25, -0.2) is 0 Å². The summed E-state index contributed by atoms with van der Waals surface area (Å²) in [6, 6.07) is 15.8. The van der Waals surface area contributed by atoms with E-state index in [-0.39, 0.29) is 11.9 Å². The molecule has 0 spiro atoms. The first kappa shape index (κ1) is 13.5. The zero-order valence-corrected chi connectivity index (χ0v) is 11.5. The lowest BCUT2D eigenvalue weighted by atomic mass is 10.1. The van der Waals surface area contributed by atoms with Gasteiger partial charge in [0.2, 0.25) is 0 Å². The number of ether oxygens (including phenoxy) is 1. The summed E-state index contributed by atoms with van der Waals surface area (Å²) in [6.07, 6.45) is 0. The number of amidine groups is 1. The summed E-state index contributed by atoms with van der Waals surface area (Å²) in [7, 11) is 0. The van der Waals surface area contributed by atoms with Gasteiger partial charge in [-0.15, -0.1) is 0 Å². The highest BCUT2D eigenvalue weighted by Crippen LogP contribution is 2.31. The highest BCUT2D eigenvalue weighted by atomic mass is 16.5. The molecule has 5 heteroatoms. The number of nitrogens with two attached hydrogens (primary N) is 1. The normalized spacial score (nSPS) is 17.3. The zero-order valence-electron chi connectivity index (χ0n) is 11.5. The number of benzene rings is 2. The summed E-state index contributed by atoms with van der Waals surface area (Å²) in [5, 5.41) is 15.2.